The summed E-state index contributed by atoms with van der Waals surface area (Å²) < 4.78 is 6.14. The zero-order valence-corrected chi connectivity index (χ0v) is 15.8. The normalized spacial score (nSPS) is 11.1. The number of benzene rings is 2. The van der Waals surface area contributed by atoms with Crippen LogP contribution in [0.4, 0.5) is 0 Å². The van der Waals surface area contributed by atoms with Crippen LogP contribution < -0.4 is 10.1 Å². The Labute approximate surface area is 155 Å². The number of phenols is 1. The van der Waals surface area contributed by atoms with Crippen LogP contribution in [0.25, 0.3) is 0 Å². The van der Waals surface area contributed by atoms with Gasteiger partial charge in [-0.05, 0) is 49.8 Å². The van der Waals surface area contributed by atoms with E-state index in [-0.39, 0.29) is 23.4 Å². The fraction of sp³-hybridized carbons (Fsp3) is 0.333. The lowest BCUT2D eigenvalue weighted by atomic mass is 10.2. The molecule has 1 atom stereocenters. The Kier molecular flexibility index (Phi) is 9.09. The summed E-state index contributed by atoms with van der Waals surface area (Å²) in [6, 6.07) is 15.4. The number of hydrogen-bond donors (Lipinski definition) is 2. The van der Waals surface area contributed by atoms with Gasteiger partial charge in [0, 0.05) is 20.3 Å². The third kappa shape index (κ3) is 7.49. The van der Waals surface area contributed by atoms with Crippen molar-refractivity contribution in [3.63, 3.8) is 0 Å². The number of rotatable bonds is 7. The quantitative estimate of drug-likeness (QED) is 0.739. The molecule has 0 aliphatic carbocycles. The van der Waals surface area contributed by atoms with E-state index in [1.165, 1.54) is 13.8 Å². The molecule has 0 aliphatic rings. The van der Waals surface area contributed by atoms with Crippen LogP contribution in [0.1, 0.15) is 37.5 Å². The molecule has 0 radical (unpaired) electrons. The summed E-state index contributed by atoms with van der Waals surface area (Å²) in [5.41, 5.74) is 2.10. The number of ketones is 2. The van der Waals surface area contributed by atoms with Crippen molar-refractivity contribution in [3.8, 4) is 11.5 Å². The third-order valence-electron chi connectivity index (χ3n) is 3.75. The minimum atomic E-state index is -0.380. The van der Waals surface area contributed by atoms with Gasteiger partial charge in [0.05, 0.1) is 0 Å². The maximum Gasteiger partial charge on any atom is 0.195 e. The van der Waals surface area contributed by atoms with E-state index in [4.69, 9.17) is 4.74 Å². The number of aromatic hydroxyl groups is 1. The van der Waals surface area contributed by atoms with Crippen molar-refractivity contribution in [2.24, 2.45) is 0 Å². The van der Waals surface area contributed by atoms with Crippen LogP contribution in [0.5, 0.6) is 11.5 Å². The van der Waals surface area contributed by atoms with E-state index in [1.807, 2.05) is 38.2 Å². The highest BCUT2D eigenvalue weighted by molar-refractivity contribution is 6.35. The summed E-state index contributed by atoms with van der Waals surface area (Å²) in [6.07, 6.45) is 0.896. The molecule has 0 unspecified atom stereocenters. The standard InChI is InChI=1S/C17H21NO2.C4H6O2/c1-13-12-15(19)8-9-16(13)20-17(10-11-18-2)14-6-4-3-5-7-14;1-3(5)4(2)6/h3-9,12,17-19H,10-11H2,1-2H3;1-2H3/t17-;/m1./s1/i17+2;. The van der Waals surface area contributed by atoms with Gasteiger partial charge in [-0.2, -0.15) is 0 Å². The largest absolute Gasteiger partial charge is 0.508 e. The topological polar surface area (TPSA) is 75.6 Å². The molecule has 2 N–H and O–H groups in total. The summed E-state index contributed by atoms with van der Waals surface area (Å²) in [6.45, 7) is 5.33. The average molecular weight is 359 g/mol. The predicted octanol–water partition coefficient (Wildman–Crippen LogP) is 3.59. The summed E-state index contributed by atoms with van der Waals surface area (Å²) in [5.74, 6) is 0.319. The first kappa shape index (κ1) is 21.4. The number of aryl methyl sites for hydroxylation is 1. The van der Waals surface area contributed by atoms with Gasteiger partial charge in [-0.25, -0.2) is 0 Å². The van der Waals surface area contributed by atoms with Crippen LogP contribution in [0.2, 0.25) is 0 Å². The van der Waals surface area contributed by atoms with Gasteiger partial charge < -0.3 is 15.2 Å². The fourth-order valence-electron chi connectivity index (χ4n) is 2.16. The maximum atomic E-state index is 9.79. The Balaban J connectivity index is 0.000000487. The van der Waals surface area contributed by atoms with Gasteiger partial charge in [0.25, 0.3) is 0 Å². The maximum absolute atomic E-state index is 9.79. The Morgan fingerprint density at radius 1 is 1.08 bits per heavy atom. The van der Waals surface area contributed by atoms with Crippen molar-refractivity contribution in [2.75, 3.05) is 13.6 Å². The SMILES string of the molecule is CC(=O)C(C)=O.CNCC[14C@@H](Oc1ccc(O)cc1C)c1ccccc1. The molecule has 0 saturated carbocycles. The average Bonchev–Trinajstić information content (AvgIpc) is 2.61. The Morgan fingerprint density at radius 3 is 2.19 bits per heavy atom. The molecular weight excluding hydrogens is 332 g/mol. The van der Waals surface area contributed by atoms with Gasteiger partial charge in [-0.3, -0.25) is 9.59 Å². The van der Waals surface area contributed by atoms with E-state index in [2.05, 4.69) is 17.4 Å². The Morgan fingerprint density at radius 2 is 1.69 bits per heavy atom. The van der Waals surface area contributed by atoms with Crippen molar-refractivity contribution >= 4 is 11.6 Å². The molecule has 2 rings (SSSR count). The second-order valence-electron chi connectivity index (χ2n) is 5.97. The predicted molar refractivity (Wildman–Crippen MR) is 103 cm³/mol. The molecule has 5 nitrogen and oxygen atoms in total. The highest BCUT2D eigenvalue weighted by atomic mass is 16.7. The van der Waals surface area contributed by atoms with Gasteiger partial charge in [0.2, 0.25) is 0 Å². The van der Waals surface area contributed by atoms with E-state index < -0.39 is 0 Å². The molecule has 0 spiro atoms. The van der Waals surface area contributed by atoms with Gasteiger partial charge in [-0.1, -0.05) is 30.3 Å². The van der Waals surface area contributed by atoms with Crippen molar-refractivity contribution in [1.29, 1.82) is 0 Å². The zero-order valence-electron chi connectivity index (χ0n) is 15.8. The van der Waals surface area contributed by atoms with Crippen molar-refractivity contribution < 1.29 is 19.4 Å². The minimum Gasteiger partial charge on any atom is -0.508 e. The first-order chi connectivity index (χ1) is 12.3. The van der Waals surface area contributed by atoms with Gasteiger partial charge in [0.1, 0.15) is 17.6 Å². The molecule has 0 aliphatic heterocycles. The molecule has 0 amide bonds. The first-order valence-electron chi connectivity index (χ1n) is 8.52. The summed E-state index contributed by atoms with van der Waals surface area (Å²) >= 11 is 0. The second kappa shape index (κ2) is 11.1. The summed E-state index contributed by atoms with van der Waals surface area (Å²) in [5, 5.41) is 12.6. The molecule has 2 aromatic rings. The molecule has 0 bridgehead atoms. The zero-order chi connectivity index (χ0) is 19.5. The lowest BCUT2D eigenvalue weighted by molar-refractivity contribution is -0.134. The lowest BCUT2D eigenvalue weighted by Crippen LogP contribution is -2.16. The molecule has 5 heteroatoms. The van der Waals surface area contributed by atoms with E-state index in [9.17, 15) is 14.7 Å². The smallest absolute Gasteiger partial charge is 0.195 e. The van der Waals surface area contributed by atoms with Gasteiger partial charge in [0.15, 0.2) is 11.6 Å². The molecule has 26 heavy (non-hydrogen) atoms. The Bertz CT molecular complexity index is 701. The summed E-state index contributed by atoms with van der Waals surface area (Å²) in [4.78, 5) is 19.6. The molecule has 2 aromatic carbocycles. The van der Waals surface area contributed by atoms with Crippen molar-refractivity contribution in [1.82, 2.24) is 5.32 Å². The van der Waals surface area contributed by atoms with E-state index >= 15 is 0 Å². The van der Waals surface area contributed by atoms with Crippen LogP contribution >= 0.6 is 0 Å². The molecule has 0 fully saturated rings. The first-order valence-corrected chi connectivity index (χ1v) is 8.52. The van der Waals surface area contributed by atoms with Crippen LogP contribution in [-0.2, 0) is 9.59 Å². The van der Waals surface area contributed by atoms with Crippen molar-refractivity contribution in [2.45, 2.75) is 33.3 Å². The van der Waals surface area contributed by atoms with Crippen LogP contribution in [0.15, 0.2) is 48.5 Å². The van der Waals surface area contributed by atoms with E-state index in [1.54, 1.807) is 12.1 Å². The highest BCUT2D eigenvalue weighted by Crippen LogP contribution is 2.29. The molecule has 0 saturated heterocycles. The molecule has 0 heterocycles. The van der Waals surface area contributed by atoms with E-state index in [0.717, 1.165) is 29.8 Å². The molecule has 0 aromatic heterocycles. The molecule has 140 valence electrons. The minimum absolute atomic E-state index is 0.00638. The number of Topliss-reactive ketones (excluding diaryl/α,β-unsaturated/α-hetero) is 2. The number of hydrogen-bond acceptors (Lipinski definition) is 5. The lowest BCUT2D eigenvalue weighted by Gasteiger charge is -2.21. The van der Waals surface area contributed by atoms with Crippen LogP contribution in [0, 0.1) is 6.92 Å². The summed E-state index contributed by atoms with van der Waals surface area (Å²) in [7, 11) is 1.94. The van der Waals surface area contributed by atoms with Gasteiger partial charge in [-0.15, -0.1) is 0 Å². The van der Waals surface area contributed by atoms with E-state index in [0.29, 0.717) is 0 Å². The van der Waals surface area contributed by atoms with Crippen LogP contribution in [-0.4, -0.2) is 30.3 Å². The number of phenolic OH excluding ortho intramolecular Hbond substituents is 1. The van der Waals surface area contributed by atoms with Gasteiger partial charge >= 0.3 is 0 Å². The third-order valence-corrected chi connectivity index (χ3v) is 3.75. The monoisotopic (exact) mass is 359 g/mol. The molecular formula is C21H27NO4. The fourth-order valence-corrected chi connectivity index (χ4v) is 2.16. The van der Waals surface area contributed by atoms with Crippen LogP contribution in [0.3, 0.4) is 0 Å². The second-order valence-corrected chi connectivity index (χ2v) is 5.97. The number of ether oxygens (including phenoxy) is 1. The highest BCUT2D eigenvalue weighted by Gasteiger charge is 2.14. The van der Waals surface area contributed by atoms with Crippen molar-refractivity contribution in [3.05, 3.63) is 59.7 Å². The number of carbonyl (C=O) groups excluding carboxylic acids is 2. The number of nitrogens with one attached hydrogen (secondary N) is 1. The Hall–Kier alpha value is -2.66. The number of carbonyl (C=O) groups is 2.